The van der Waals surface area contributed by atoms with Crippen LogP contribution in [0.5, 0.6) is 0 Å². The number of aromatic nitrogens is 3. The van der Waals surface area contributed by atoms with Crippen molar-refractivity contribution in [2.75, 3.05) is 20.3 Å². The summed E-state index contributed by atoms with van der Waals surface area (Å²) in [5.41, 5.74) is 6.28. The van der Waals surface area contributed by atoms with Crippen molar-refractivity contribution in [2.45, 2.75) is 59.4 Å². The predicted molar refractivity (Wildman–Crippen MR) is 160 cm³/mol. The van der Waals surface area contributed by atoms with Gasteiger partial charge in [-0.1, -0.05) is 43.7 Å². The summed E-state index contributed by atoms with van der Waals surface area (Å²) in [5.74, 6) is 0.508. The number of ketones is 1. The third-order valence-corrected chi connectivity index (χ3v) is 7.41. The number of carbonyl (C=O) groups is 2. The molecular weight excluding hydrogens is 500 g/mol. The molecule has 7 nitrogen and oxygen atoms in total. The maximum atomic E-state index is 12.9. The highest BCUT2D eigenvalue weighted by Crippen LogP contribution is 2.24. The van der Waals surface area contributed by atoms with Gasteiger partial charge < -0.3 is 10.1 Å². The van der Waals surface area contributed by atoms with Gasteiger partial charge in [-0.05, 0) is 68.4 Å². The number of fused-ring (bicyclic) bond motifs is 1. The molecule has 0 aliphatic rings. The maximum absolute atomic E-state index is 12.9. The van der Waals surface area contributed by atoms with E-state index in [1.807, 2.05) is 73.3 Å². The maximum Gasteiger partial charge on any atom is 0.251 e. The smallest absolute Gasteiger partial charge is 0.251 e. The molecule has 2 heterocycles. The van der Waals surface area contributed by atoms with E-state index < -0.39 is 0 Å². The van der Waals surface area contributed by atoms with Crippen LogP contribution >= 0.6 is 0 Å². The fourth-order valence-corrected chi connectivity index (χ4v) is 5.14. The van der Waals surface area contributed by atoms with Crippen molar-refractivity contribution in [3.05, 3.63) is 83.2 Å². The molecule has 0 aliphatic heterocycles. The highest BCUT2D eigenvalue weighted by molar-refractivity contribution is 6.00. The summed E-state index contributed by atoms with van der Waals surface area (Å²) in [6.45, 7) is 7.94. The number of rotatable bonds is 14. The zero-order valence-electron chi connectivity index (χ0n) is 24.1. The molecule has 0 aliphatic carbocycles. The quantitative estimate of drug-likeness (QED) is 0.145. The minimum atomic E-state index is -0.0980. The van der Waals surface area contributed by atoms with Gasteiger partial charge in [0.15, 0.2) is 5.78 Å². The number of nitrogens with zero attached hydrogens (tertiary/aromatic N) is 3. The lowest BCUT2D eigenvalue weighted by Gasteiger charge is -2.16. The Kier molecular flexibility index (Phi) is 10.2. The molecule has 4 rings (SSSR count). The van der Waals surface area contributed by atoms with Crippen molar-refractivity contribution < 1.29 is 14.3 Å². The highest BCUT2D eigenvalue weighted by atomic mass is 16.5. The van der Waals surface area contributed by atoms with Crippen LogP contribution in [0.4, 0.5) is 0 Å². The molecule has 210 valence electrons. The van der Waals surface area contributed by atoms with Crippen LogP contribution in [0.2, 0.25) is 0 Å². The number of nitrogens with one attached hydrogen (secondary N) is 1. The van der Waals surface area contributed by atoms with E-state index in [0.717, 1.165) is 71.1 Å². The van der Waals surface area contributed by atoms with Crippen LogP contribution in [0.1, 0.15) is 70.9 Å². The number of methoxy groups -OCH3 is 1. The van der Waals surface area contributed by atoms with E-state index in [9.17, 15) is 9.59 Å². The number of benzene rings is 2. The molecule has 0 saturated carbocycles. The topological polar surface area (TPSA) is 86.1 Å². The van der Waals surface area contributed by atoms with E-state index in [-0.39, 0.29) is 11.7 Å². The predicted octanol–water partition coefficient (Wildman–Crippen LogP) is 6.56. The molecule has 1 amide bonds. The van der Waals surface area contributed by atoms with Crippen molar-refractivity contribution in [1.82, 2.24) is 20.1 Å². The summed E-state index contributed by atoms with van der Waals surface area (Å²) in [4.78, 5) is 30.0. The first-order valence-electron chi connectivity index (χ1n) is 14.2. The third-order valence-electron chi connectivity index (χ3n) is 7.41. The van der Waals surface area contributed by atoms with Crippen LogP contribution in [0, 0.1) is 19.8 Å². The van der Waals surface area contributed by atoms with Crippen molar-refractivity contribution in [3.8, 4) is 11.3 Å². The lowest BCUT2D eigenvalue weighted by atomic mass is 9.95. The Balaban J connectivity index is 1.34. The van der Waals surface area contributed by atoms with Crippen LogP contribution in [-0.4, -0.2) is 46.7 Å². The van der Waals surface area contributed by atoms with Crippen LogP contribution in [-0.2, 0) is 11.3 Å². The Morgan fingerprint density at radius 2 is 1.82 bits per heavy atom. The average molecular weight is 541 g/mol. The van der Waals surface area contributed by atoms with E-state index in [2.05, 4.69) is 23.4 Å². The molecule has 0 saturated heterocycles. The summed E-state index contributed by atoms with van der Waals surface area (Å²) in [5, 5.41) is 8.68. The van der Waals surface area contributed by atoms with E-state index >= 15 is 0 Å². The fraction of sp³-hybridized carbons (Fsp3) is 0.394. The zero-order valence-corrected chi connectivity index (χ0v) is 24.1. The Labute approximate surface area is 237 Å². The van der Waals surface area contributed by atoms with Gasteiger partial charge in [0.25, 0.3) is 5.91 Å². The number of amides is 1. The Morgan fingerprint density at radius 3 is 2.52 bits per heavy atom. The second-order valence-corrected chi connectivity index (χ2v) is 10.5. The number of ether oxygens (including phenoxy) is 1. The van der Waals surface area contributed by atoms with Crippen LogP contribution < -0.4 is 5.32 Å². The second-order valence-electron chi connectivity index (χ2n) is 10.5. The van der Waals surface area contributed by atoms with Crippen molar-refractivity contribution in [1.29, 1.82) is 0 Å². The first-order chi connectivity index (χ1) is 19.4. The van der Waals surface area contributed by atoms with Gasteiger partial charge in [0.1, 0.15) is 0 Å². The fourth-order valence-electron chi connectivity index (χ4n) is 5.14. The van der Waals surface area contributed by atoms with Crippen LogP contribution in [0.15, 0.2) is 60.9 Å². The third kappa shape index (κ3) is 7.42. The Hall–Kier alpha value is -3.84. The van der Waals surface area contributed by atoms with Gasteiger partial charge in [-0.3, -0.25) is 19.3 Å². The standard InChI is InChI=1S/C33H40N4O3/c1-5-7-25(8-6-9-32(38)27-13-11-26(12-14-27)30-16-10-23(2)20-35-30)21-37-22-29-24(3)28(15-17-31(29)36-37)33(39)34-18-19-40-4/h10-17,20,22,25H,5-9,18-19,21H2,1-4H3,(H,34,39). The normalized spacial score (nSPS) is 12.0. The second kappa shape index (κ2) is 14.0. The minimum Gasteiger partial charge on any atom is -0.383 e. The molecule has 2 aromatic carbocycles. The summed E-state index contributed by atoms with van der Waals surface area (Å²) >= 11 is 0. The van der Waals surface area contributed by atoms with Gasteiger partial charge in [0.05, 0.1) is 17.8 Å². The van der Waals surface area contributed by atoms with E-state index in [4.69, 9.17) is 9.84 Å². The first-order valence-corrected chi connectivity index (χ1v) is 14.2. The number of hydrogen-bond acceptors (Lipinski definition) is 5. The van der Waals surface area contributed by atoms with Gasteiger partial charge in [0, 0.05) is 61.1 Å². The van der Waals surface area contributed by atoms with Crippen molar-refractivity contribution in [2.24, 2.45) is 5.92 Å². The molecule has 0 bridgehead atoms. The molecule has 4 aromatic rings. The van der Waals surface area contributed by atoms with E-state index in [1.165, 1.54) is 0 Å². The minimum absolute atomic E-state index is 0.0980. The number of aryl methyl sites for hydroxylation is 2. The van der Waals surface area contributed by atoms with E-state index in [1.54, 1.807) is 7.11 Å². The van der Waals surface area contributed by atoms with Crippen molar-refractivity contribution >= 4 is 22.6 Å². The monoisotopic (exact) mass is 540 g/mol. The summed E-state index contributed by atoms with van der Waals surface area (Å²) in [6, 6.07) is 15.6. The van der Waals surface area contributed by atoms with E-state index in [0.29, 0.717) is 31.1 Å². The molecule has 40 heavy (non-hydrogen) atoms. The number of carbonyl (C=O) groups excluding carboxylic acids is 2. The van der Waals surface area contributed by atoms with Gasteiger partial charge in [-0.2, -0.15) is 5.10 Å². The zero-order chi connectivity index (χ0) is 28.5. The molecule has 0 radical (unpaired) electrons. The molecule has 7 heteroatoms. The van der Waals surface area contributed by atoms with Gasteiger partial charge >= 0.3 is 0 Å². The SMILES string of the molecule is CCCC(CCCC(=O)c1ccc(-c2ccc(C)cn2)cc1)Cn1cc2c(C)c(C(=O)NCCOC)ccc2n1. The van der Waals surface area contributed by atoms with Gasteiger partial charge in [-0.15, -0.1) is 0 Å². The molecule has 0 fully saturated rings. The molecule has 0 spiro atoms. The molecule has 1 atom stereocenters. The van der Waals surface area contributed by atoms with Gasteiger partial charge in [-0.25, -0.2) is 0 Å². The van der Waals surface area contributed by atoms with Gasteiger partial charge in [0.2, 0.25) is 0 Å². The molecular formula is C33H40N4O3. The lowest BCUT2D eigenvalue weighted by molar-refractivity contribution is 0.0935. The highest BCUT2D eigenvalue weighted by Gasteiger charge is 2.16. The van der Waals surface area contributed by atoms with Crippen molar-refractivity contribution in [3.63, 3.8) is 0 Å². The molecule has 2 aromatic heterocycles. The molecule has 1 unspecified atom stereocenters. The Bertz CT molecular complexity index is 1420. The number of Topliss-reactive ketones (excluding diaryl/α,β-unsaturated/α-hetero) is 1. The first kappa shape index (κ1) is 29.2. The lowest BCUT2D eigenvalue weighted by Crippen LogP contribution is -2.27. The number of pyridine rings is 1. The summed E-state index contributed by atoms with van der Waals surface area (Å²) < 4.78 is 7.03. The largest absolute Gasteiger partial charge is 0.383 e. The van der Waals surface area contributed by atoms with Crippen LogP contribution in [0.3, 0.4) is 0 Å². The molecule has 1 N–H and O–H groups in total. The summed E-state index contributed by atoms with van der Waals surface area (Å²) in [6.07, 6.45) is 8.41. The number of hydrogen-bond donors (Lipinski definition) is 1. The average Bonchev–Trinajstić information content (AvgIpc) is 3.37. The summed E-state index contributed by atoms with van der Waals surface area (Å²) in [7, 11) is 1.62. The van der Waals surface area contributed by atoms with Crippen LogP contribution in [0.25, 0.3) is 22.2 Å². The Morgan fingerprint density at radius 1 is 1.02 bits per heavy atom.